The van der Waals surface area contributed by atoms with Crippen LogP contribution in [-0.2, 0) is 17.6 Å². The van der Waals surface area contributed by atoms with Gasteiger partial charge in [0.25, 0.3) is 0 Å². The average molecular weight is 281 g/mol. The molecule has 3 nitrogen and oxygen atoms in total. The molecule has 0 bridgehead atoms. The van der Waals surface area contributed by atoms with E-state index in [1.54, 1.807) is 0 Å². The number of halogens is 1. The monoisotopic (exact) mass is 280 g/mol. The molecule has 1 fully saturated rings. The highest BCUT2D eigenvalue weighted by Crippen LogP contribution is 2.25. The molecule has 1 saturated heterocycles. The Balaban J connectivity index is 0.00000133. The number of carbonyl (C=O) groups is 1. The molecule has 2 N–H and O–H groups in total. The van der Waals surface area contributed by atoms with E-state index >= 15 is 0 Å². The first-order valence-electron chi connectivity index (χ1n) is 6.99. The minimum atomic E-state index is -0.00740. The molecule has 0 spiro atoms. The van der Waals surface area contributed by atoms with E-state index < -0.39 is 0 Å². The van der Waals surface area contributed by atoms with Gasteiger partial charge in [-0.2, -0.15) is 0 Å². The van der Waals surface area contributed by atoms with Crippen molar-refractivity contribution in [2.75, 3.05) is 11.9 Å². The summed E-state index contributed by atoms with van der Waals surface area (Å²) in [4.78, 5) is 12.1. The van der Waals surface area contributed by atoms with Crippen LogP contribution in [-0.4, -0.2) is 18.5 Å². The second-order valence-corrected chi connectivity index (χ2v) is 5.33. The molecule has 0 saturated carbocycles. The van der Waals surface area contributed by atoms with E-state index in [9.17, 15) is 4.79 Å². The highest BCUT2D eigenvalue weighted by molar-refractivity contribution is 5.95. The molecule has 2 aliphatic rings. The van der Waals surface area contributed by atoms with Crippen LogP contribution in [0.3, 0.4) is 0 Å². The Morgan fingerprint density at radius 2 is 2.00 bits per heavy atom. The van der Waals surface area contributed by atoms with Crippen molar-refractivity contribution in [2.24, 2.45) is 0 Å². The van der Waals surface area contributed by atoms with Crippen LogP contribution < -0.4 is 10.6 Å². The molecule has 0 aromatic heterocycles. The lowest BCUT2D eigenvalue weighted by molar-refractivity contribution is -0.118. The van der Waals surface area contributed by atoms with Gasteiger partial charge >= 0.3 is 0 Å². The van der Waals surface area contributed by atoms with Crippen molar-refractivity contribution < 1.29 is 4.79 Å². The van der Waals surface area contributed by atoms with E-state index in [1.165, 1.54) is 30.4 Å². The summed E-state index contributed by atoms with van der Waals surface area (Å²) in [5.41, 5.74) is 3.81. The lowest BCUT2D eigenvalue weighted by atomic mass is 10.0. The largest absolute Gasteiger partial charge is 0.325 e. The van der Waals surface area contributed by atoms with Crippen LogP contribution in [0.4, 0.5) is 5.69 Å². The highest BCUT2D eigenvalue weighted by atomic mass is 35.5. The Labute approximate surface area is 120 Å². The van der Waals surface area contributed by atoms with E-state index in [4.69, 9.17) is 0 Å². The van der Waals surface area contributed by atoms with Crippen LogP contribution in [0.2, 0.25) is 0 Å². The summed E-state index contributed by atoms with van der Waals surface area (Å²) in [5.74, 6) is 0.118. The van der Waals surface area contributed by atoms with Crippen LogP contribution in [0.5, 0.6) is 0 Å². The zero-order valence-electron chi connectivity index (χ0n) is 11.1. The molecule has 3 rings (SSSR count). The van der Waals surface area contributed by atoms with Crippen molar-refractivity contribution in [1.29, 1.82) is 0 Å². The first-order chi connectivity index (χ1) is 8.83. The third-order valence-corrected chi connectivity index (χ3v) is 3.99. The number of hydrogen-bond donors (Lipinski definition) is 2. The van der Waals surface area contributed by atoms with E-state index in [0.29, 0.717) is 0 Å². The summed E-state index contributed by atoms with van der Waals surface area (Å²) < 4.78 is 0. The normalized spacial score (nSPS) is 21.4. The molecule has 104 valence electrons. The van der Waals surface area contributed by atoms with Crippen molar-refractivity contribution in [1.82, 2.24) is 5.32 Å². The van der Waals surface area contributed by atoms with Crippen molar-refractivity contribution in [3.05, 3.63) is 29.3 Å². The van der Waals surface area contributed by atoms with Gasteiger partial charge in [-0.1, -0.05) is 12.5 Å². The van der Waals surface area contributed by atoms with Gasteiger partial charge in [0, 0.05) is 5.69 Å². The Kier molecular flexibility index (Phi) is 4.83. The summed E-state index contributed by atoms with van der Waals surface area (Å²) in [6.07, 6.45) is 6.88. The molecule has 1 amide bonds. The summed E-state index contributed by atoms with van der Waals surface area (Å²) in [6, 6.07) is 6.33. The zero-order valence-corrected chi connectivity index (χ0v) is 11.9. The molecule has 1 heterocycles. The maximum Gasteiger partial charge on any atom is 0.241 e. The van der Waals surface area contributed by atoms with Gasteiger partial charge in [0.05, 0.1) is 6.04 Å². The van der Waals surface area contributed by atoms with Gasteiger partial charge in [-0.25, -0.2) is 0 Å². The molecule has 4 heteroatoms. The first-order valence-corrected chi connectivity index (χ1v) is 6.99. The number of hydrogen-bond acceptors (Lipinski definition) is 2. The fourth-order valence-corrected chi connectivity index (χ4v) is 2.95. The number of anilines is 1. The smallest absolute Gasteiger partial charge is 0.241 e. The number of piperidine rings is 1. The van der Waals surface area contributed by atoms with Crippen LogP contribution in [0, 0.1) is 0 Å². The van der Waals surface area contributed by atoms with Gasteiger partial charge in [-0.3, -0.25) is 4.79 Å². The maximum atomic E-state index is 12.1. The Morgan fingerprint density at radius 3 is 2.79 bits per heavy atom. The summed E-state index contributed by atoms with van der Waals surface area (Å²) in [6.45, 7) is 0.961. The average Bonchev–Trinajstić information content (AvgIpc) is 2.87. The Bertz CT molecular complexity index is 455. The predicted octanol–water partition coefficient (Wildman–Crippen LogP) is 2.68. The van der Waals surface area contributed by atoms with Crippen molar-refractivity contribution in [3.63, 3.8) is 0 Å². The number of carbonyl (C=O) groups excluding carboxylic acids is 1. The molecule has 1 aliphatic carbocycles. The van der Waals surface area contributed by atoms with Crippen LogP contribution in [0.15, 0.2) is 18.2 Å². The number of fused-ring (bicyclic) bond motifs is 1. The third-order valence-electron chi connectivity index (χ3n) is 3.99. The Hall–Kier alpha value is -1.06. The number of amides is 1. The van der Waals surface area contributed by atoms with E-state index in [0.717, 1.165) is 31.5 Å². The number of rotatable bonds is 2. The number of benzene rings is 1. The second kappa shape index (κ2) is 6.40. The van der Waals surface area contributed by atoms with E-state index in [1.807, 2.05) is 6.07 Å². The standard InChI is InChI=1S/C15H20N2O.ClH/c18-15(14-6-1-2-9-16-14)17-13-8-7-11-4-3-5-12(11)10-13;/h7-8,10,14,16H,1-6,9H2,(H,17,18);1H. The lowest BCUT2D eigenvalue weighted by Crippen LogP contribution is -2.43. The molecule has 19 heavy (non-hydrogen) atoms. The van der Waals surface area contributed by atoms with Gasteiger partial charge in [0.15, 0.2) is 0 Å². The number of nitrogens with one attached hydrogen (secondary N) is 2. The van der Waals surface area contributed by atoms with E-state index in [2.05, 4.69) is 22.8 Å². The Morgan fingerprint density at radius 1 is 1.16 bits per heavy atom. The zero-order chi connectivity index (χ0) is 12.4. The molecule has 1 unspecified atom stereocenters. The minimum Gasteiger partial charge on any atom is -0.325 e. The second-order valence-electron chi connectivity index (χ2n) is 5.33. The minimum absolute atomic E-state index is 0. The quantitative estimate of drug-likeness (QED) is 0.874. The van der Waals surface area contributed by atoms with Crippen molar-refractivity contribution in [2.45, 2.75) is 44.6 Å². The van der Waals surface area contributed by atoms with Gasteiger partial charge < -0.3 is 10.6 Å². The van der Waals surface area contributed by atoms with Gasteiger partial charge in [-0.05, 0) is 61.9 Å². The van der Waals surface area contributed by atoms with Gasteiger partial charge in [0.2, 0.25) is 5.91 Å². The molecule has 1 aliphatic heterocycles. The van der Waals surface area contributed by atoms with Crippen LogP contribution >= 0.6 is 12.4 Å². The van der Waals surface area contributed by atoms with Gasteiger partial charge in [-0.15, -0.1) is 12.4 Å². The summed E-state index contributed by atoms with van der Waals surface area (Å²) in [7, 11) is 0. The van der Waals surface area contributed by atoms with Crippen LogP contribution in [0.1, 0.15) is 36.8 Å². The molecule has 1 aromatic rings. The summed E-state index contributed by atoms with van der Waals surface area (Å²) >= 11 is 0. The fourth-order valence-electron chi connectivity index (χ4n) is 2.95. The van der Waals surface area contributed by atoms with Crippen LogP contribution in [0.25, 0.3) is 0 Å². The first kappa shape index (κ1) is 14.4. The molecule has 1 aromatic carbocycles. The maximum absolute atomic E-state index is 12.1. The van der Waals surface area contributed by atoms with Crippen molar-refractivity contribution >= 4 is 24.0 Å². The predicted molar refractivity (Wildman–Crippen MR) is 80.0 cm³/mol. The SMILES string of the molecule is Cl.O=C(Nc1ccc2c(c1)CCC2)C1CCCCN1. The summed E-state index contributed by atoms with van der Waals surface area (Å²) in [5, 5.41) is 6.32. The molecule has 1 atom stereocenters. The fraction of sp³-hybridized carbons (Fsp3) is 0.533. The lowest BCUT2D eigenvalue weighted by Gasteiger charge is -2.22. The molecular formula is C15H21ClN2O. The number of aryl methyl sites for hydroxylation is 2. The van der Waals surface area contributed by atoms with Gasteiger partial charge in [0.1, 0.15) is 0 Å². The highest BCUT2D eigenvalue weighted by Gasteiger charge is 2.20. The van der Waals surface area contributed by atoms with E-state index in [-0.39, 0.29) is 24.4 Å². The topological polar surface area (TPSA) is 41.1 Å². The third kappa shape index (κ3) is 3.28. The molecule has 0 radical (unpaired) electrons. The van der Waals surface area contributed by atoms with Crippen molar-refractivity contribution in [3.8, 4) is 0 Å². The molecular weight excluding hydrogens is 260 g/mol.